The number of nitrogens with one attached hydrogen (secondary N) is 2. The minimum Gasteiger partial charge on any atom is -0.380 e. The summed E-state index contributed by atoms with van der Waals surface area (Å²) >= 11 is 0. The van der Waals surface area contributed by atoms with E-state index < -0.39 is 0 Å². The van der Waals surface area contributed by atoms with Crippen molar-refractivity contribution in [2.24, 2.45) is 4.99 Å². The zero-order chi connectivity index (χ0) is 18.8. The van der Waals surface area contributed by atoms with Crippen LogP contribution < -0.4 is 10.6 Å². The lowest BCUT2D eigenvalue weighted by molar-refractivity contribution is 0.136. The Morgan fingerprint density at radius 1 is 1.19 bits per heavy atom. The smallest absolute Gasteiger partial charge is 0.191 e. The van der Waals surface area contributed by atoms with Gasteiger partial charge in [0.25, 0.3) is 0 Å². The molecule has 6 nitrogen and oxygen atoms in total. The third-order valence-electron chi connectivity index (χ3n) is 4.08. The fourth-order valence-electron chi connectivity index (χ4n) is 2.73. The maximum absolute atomic E-state index is 5.57. The van der Waals surface area contributed by atoms with Crippen LogP contribution in [0.25, 0.3) is 5.69 Å². The number of nitrogens with zero attached hydrogens (tertiary/aromatic N) is 3. The molecular weight excluding hydrogens is 326 g/mol. The molecule has 2 N–H and O–H groups in total. The normalized spacial score (nSPS) is 11.6. The summed E-state index contributed by atoms with van der Waals surface area (Å²) in [4.78, 5) is 4.28. The zero-order valence-electron chi connectivity index (χ0n) is 16.4. The molecule has 1 aromatic heterocycles. The van der Waals surface area contributed by atoms with Gasteiger partial charge in [-0.25, -0.2) is 4.68 Å². The highest BCUT2D eigenvalue weighted by atomic mass is 16.5. The highest BCUT2D eigenvalue weighted by Crippen LogP contribution is 2.16. The Morgan fingerprint density at radius 2 is 2.00 bits per heavy atom. The van der Waals surface area contributed by atoms with Crippen LogP contribution in [0.3, 0.4) is 0 Å². The van der Waals surface area contributed by atoms with Gasteiger partial charge in [-0.2, -0.15) is 5.10 Å². The number of aliphatic imine (C=N–C) groups is 1. The fourth-order valence-corrected chi connectivity index (χ4v) is 2.73. The highest BCUT2D eigenvalue weighted by Gasteiger charge is 2.09. The van der Waals surface area contributed by atoms with E-state index in [1.807, 2.05) is 23.7 Å². The van der Waals surface area contributed by atoms with Gasteiger partial charge in [0.05, 0.1) is 18.0 Å². The predicted molar refractivity (Wildman–Crippen MR) is 107 cm³/mol. The molecule has 0 unspecified atom stereocenters. The highest BCUT2D eigenvalue weighted by molar-refractivity contribution is 5.79. The third-order valence-corrected chi connectivity index (χ3v) is 4.08. The van der Waals surface area contributed by atoms with Gasteiger partial charge in [-0.1, -0.05) is 31.5 Å². The van der Waals surface area contributed by atoms with Crippen LogP contribution in [-0.2, 0) is 11.3 Å². The molecule has 26 heavy (non-hydrogen) atoms. The molecule has 0 saturated carbocycles. The van der Waals surface area contributed by atoms with Crippen LogP contribution in [0.15, 0.2) is 35.3 Å². The summed E-state index contributed by atoms with van der Waals surface area (Å²) in [6.07, 6.45) is 2.27. The van der Waals surface area contributed by atoms with Crippen molar-refractivity contribution in [2.45, 2.75) is 40.2 Å². The van der Waals surface area contributed by atoms with Gasteiger partial charge in [-0.05, 0) is 38.0 Å². The fraction of sp³-hybridized carbons (Fsp3) is 0.500. The number of para-hydroxylation sites is 1. The van der Waals surface area contributed by atoms with E-state index in [1.54, 1.807) is 7.05 Å². The second-order valence-electron chi connectivity index (χ2n) is 6.29. The molecule has 0 atom stereocenters. The van der Waals surface area contributed by atoms with Crippen LogP contribution in [0.2, 0.25) is 0 Å². The van der Waals surface area contributed by atoms with Gasteiger partial charge in [0.1, 0.15) is 0 Å². The van der Waals surface area contributed by atoms with Gasteiger partial charge in [-0.3, -0.25) is 4.99 Å². The molecule has 0 aliphatic rings. The molecule has 0 aliphatic carbocycles. The molecular formula is C20H31N5O. The average molecular weight is 358 g/mol. The molecule has 1 heterocycles. The van der Waals surface area contributed by atoms with E-state index in [0.29, 0.717) is 13.2 Å². The summed E-state index contributed by atoms with van der Waals surface area (Å²) in [7, 11) is 1.78. The van der Waals surface area contributed by atoms with Crippen LogP contribution in [0, 0.1) is 13.8 Å². The first-order valence-electron chi connectivity index (χ1n) is 9.29. The van der Waals surface area contributed by atoms with Crippen molar-refractivity contribution in [2.75, 3.05) is 26.8 Å². The number of hydrogen-bond acceptors (Lipinski definition) is 3. The van der Waals surface area contributed by atoms with Crippen molar-refractivity contribution in [1.29, 1.82) is 0 Å². The summed E-state index contributed by atoms with van der Waals surface area (Å²) in [6.45, 7) is 9.16. The van der Waals surface area contributed by atoms with E-state index in [9.17, 15) is 0 Å². The van der Waals surface area contributed by atoms with Gasteiger partial charge in [0.15, 0.2) is 5.96 Å². The topological polar surface area (TPSA) is 63.5 Å². The zero-order valence-corrected chi connectivity index (χ0v) is 16.4. The van der Waals surface area contributed by atoms with Gasteiger partial charge >= 0.3 is 0 Å². The van der Waals surface area contributed by atoms with Gasteiger partial charge in [0.2, 0.25) is 0 Å². The molecule has 142 valence electrons. The Kier molecular flexibility index (Phi) is 8.15. The van der Waals surface area contributed by atoms with E-state index in [4.69, 9.17) is 4.74 Å². The Hall–Kier alpha value is -2.34. The van der Waals surface area contributed by atoms with E-state index in [0.717, 1.165) is 49.0 Å². The Bertz CT molecular complexity index is 708. The number of aromatic nitrogens is 2. The number of guanidine groups is 1. The number of benzene rings is 1. The maximum atomic E-state index is 5.57. The number of aryl methyl sites for hydroxylation is 2. The standard InChI is InChI=1S/C20H31N5O/c1-5-6-12-26-13-11-22-20(21-4)23-15-18-9-7-8-10-19(18)25-17(3)14-16(2)24-25/h7-10,14H,5-6,11-13,15H2,1-4H3,(H2,21,22,23). The lowest BCUT2D eigenvalue weighted by atomic mass is 10.1. The maximum Gasteiger partial charge on any atom is 0.191 e. The molecule has 0 fully saturated rings. The molecule has 0 saturated heterocycles. The second kappa shape index (κ2) is 10.6. The minimum atomic E-state index is 0.672. The summed E-state index contributed by atoms with van der Waals surface area (Å²) in [6, 6.07) is 10.4. The Labute approximate surface area is 156 Å². The monoisotopic (exact) mass is 357 g/mol. The minimum absolute atomic E-state index is 0.672. The average Bonchev–Trinajstić information content (AvgIpc) is 2.99. The van der Waals surface area contributed by atoms with Crippen molar-refractivity contribution < 1.29 is 4.74 Å². The molecule has 2 rings (SSSR count). The van der Waals surface area contributed by atoms with Crippen molar-refractivity contribution in [3.8, 4) is 5.69 Å². The summed E-state index contributed by atoms with van der Waals surface area (Å²) in [5, 5.41) is 11.2. The van der Waals surface area contributed by atoms with Crippen LogP contribution >= 0.6 is 0 Å². The lowest BCUT2D eigenvalue weighted by Gasteiger charge is -2.15. The molecule has 0 amide bonds. The largest absolute Gasteiger partial charge is 0.380 e. The van der Waals surface area contributed by atoms with E-state index in [1.165, 1.54) is 5.56 Å². The van der Waals surface area contributed by atoms with E-state index in [-0.39, 0.29) is 0 Å². The number of hydrogen-bond donors (Lipinski definition) is 2. The van der Waals surface area contributed by atoms with Crippen molar-refractivity contribution in [1.82, 2.24) is 20.4 Å². The molecule has 0 spiro atoms. The number of ether oxygens (including phenoxy) is 1. The van der Waals surface area contributed by atoms with Crippen molar-refractivity contribution >= 4 is 5.96 Å². The first kappa shape index (κ1) is 20.0. The van der Waals surface area contributed by atoms with Crippen LogP contribution in [0.5, 0.6) is 0 Å². The molecule has 0 aliphatic heterocycles. The second-order valence-corrected chi connectivity index (χ2v) is 6.29. The van der Waals surface area contributed by atoms with Gasteiger partial charge in [0, 0.05) is 32.4 Å². The summed E-state index contributed by atoms with van der Waals surface area (Å²) in [5.74, 6) is 0.771. The molecule has 2 aromatic rings. The van der Waals surface area contributed by atoms with Gasteiger partial charge in [-0.15, -0.1) is 0 Å². The van der Waals surface area contributed by atoms with Crippen LogP contribution in [0.4, 0.5) is 0 Å². The van der Waals surface area contributed by atoms with Crippen LogP contribution in [-0.4, -0.2) is 42.5 Å². The number of rotatable bonds is 9. The van der Waals surface area contributed by atoms with Crippen LogP contribution in [0.1, 0.15) is 36.7 Å². The number of unbranched alkanes of at least 4 members (excludes halogenated alkanes) is 1. The SMILES string of the molecule is CCCCOCCNC(=NC)NCc1ccccc1-n1nc(C)cc1C. The van der Waals surface area contributed by atoms with Gasteiger partial charge < -0.3 is 15.4 Å². The molecule has 0 bridgehead atoms. The Morgan fingerprint density at radius 3 is 2.69 bits per heavy atom. The Balaban J connectivity index is 1.91. The van der Waals surface area contributed by atoms with Crippen molar-refractivity contribution in [3.05, 3.63) is 47.3 Å². The summed E-state index contributed by atoms with van der Waals surface area (Å²) < 4.78 is 7.56. The summed E-state index contributed by atoms with van der Waals surface area (Å²) in [5.41, 5.74) is 4.40. The van der Waals surface area contributed by atoms with E-state index in [2.05, 4.69) is 52.8 Å². The molecule has 1 aromatic carbocycles. The predicted octanol–water partition coefficient (Wildman–Crippen LogP) is 2.97. The molecule has 6 heteroatoms. The first-order chi connectivity index (χ1) is 12.7. The van der Waals surface area contributed by atoms with E-state index >= 15 is 0 Å². The lowest BCUT2D eigenvalue weighted by Crippen LogP contribution is -2.38. The quantitative estimate of drug-likeness (QED) is 0.411. The third kappa shape index (κ3) is 5.88. The molecule has 0 radical (unpaired) electrons. The van der Waals surface area contributed by atoms with Crippen molar-refractivity contribution in [3.63, 3.8) is 0 Å². The first-order valence-corrected chi connectivity index (χ1v) is 9.29.